The van der Waals surface area contributed by atoms with E-state index in [0.717, 1.165) is 17.0 Å². The number of benzene rings is 1. The van der Waals surface area contributed by atoms with E-state index in [9.17, 15) is 19.3 Å². The molecule has 0 bridgehead atoms. The Hall–Kier alpha value is -2.49. The van der Waals surface area contributed by atoms with Crippen molar-refractivity contribution >= 4 is 11.6 Å². The normalized spacial score (nSPS) is 9.47. The molecule has 1 aromatic rings. The number of carbonyl (C=O) groups excluding carboxylic acids is 1. The highest BCUT2D eigenvalue weighted by Gasteiger charge is 2.18. The third-order valence-corrected chi connectivity index (χ3v) is 2.05. The quantitative estimate of drug-likeness (QED) is 0.450. The molecule has 6 nitrogen and oxygen atoms in total. The van der Waals surface area contributed by atoms with Crippen LogP contribution < -0.4 is 0 Å². The number of carbonyl (C=O) groups is 1. The van der Waals surface area contributed by atoms with E-state index in [2.05, 4.69) is 0 Å². The van der Waals surface area contributed by atoms with E-state index in [4.69, 9.17) is 5.26 Å². The number of nitro groups is 1. The number of hydrogen-bond acceptors (Lipinski definition) is 4. The van der Waals surface area contributed by atoms with E-state index < -0.39 is 22.3 Å². The Morgan fingerprint density at radius 2 is 2.29 bits per heavy atom. The highest BCUT2D eigenvalue weighted by atomic mass is 19.1. The van der Waals surface area contributed by atoms with Gasteiger partial charge in [-0.3, -0.25) is 14.9 Å². The van der Waals surface area contributed by atoms with Crippen LogP contribution in [-0.2, 0) is 0 Å². The van der Waals surface area contributed by atoms with Crippen molar-refractivity contribution in [3.8, 4) is 6.07 Å². The van der Waals surface area contributed by atoms with Crippen molar-refractivity contribution in [1.29, 1.82) is 5.26 Å². The molecule has 0 saturated heterocycles. The summed E-state index contributed by atoms with van der Waals surface area (Å²) in [5, 5.41) is 18.8. The molecule has 0 aromatic heterocycles. The molecular weight excluding hydrogens is 229 g/mol. The van der Waals surface area contributed by atoms with Crippen molar-refractivity contribution in [2.24, 2.45) is 0 Å². The average Bonchev–Trinajstić information content (AvgIpc) is 2.28. The summed E-state index contributed by atoms with van der Waals surface area (Å²) in [5.41, 5.74) is -0.727. The zero-order valence-corrected chi connectivity index (χ0v) is 8.88. The van der Waals surface area contributed by atoms with Crippen molar-refractivity contribution in [1.82, 2.24) is 4.90 Å². The minimum Gasteiger partial charge on any atom is -0.328 e. The molecule has 0 aliphatic carbocycles. The van der Waals surface area contributed by atoms with E-state index in [1.807, 2.05) is 0 Å². The van der Waals surface area contributed by atoms with E-state index in [0.29, 0.717) is 6.07 Å². The SMILES string of the molecule is CN(CC#N)C(=O)c1ccc([N+](=O)[O-])cc1F. The lowest BCUT2D eigenvalue weighted by Gasteiger charge is -2.13. The van der Waals surface area contributed by atoms with Gasteiger partial charge in [-0.15, -0.1) is 0 Å². The maximum absolute atomic E-state index is 13.4. The predicted molar refractivity (Wildman–Crippen MR) is 55.6 cm³/mol. The maximum Gasteiger partial charge on any atom is 0.272 e. The Morgan fingerprint density at radius 3 is 2.76 bits per heavy atom. The zero-order chi connectivity index (χ0) is 13.0. The fourth-order valence-corrected chi connectivity index (χ4v) is 1.17. The summed E-state index contributed by atoms with van der Waals surface area (Å²) in [6.07, 6.45) is 0. The predicted octanol–water partition coefficient (Wildman–Crippen LogP) is 1.33. The molecule has 0 saturated carbocycles. The number of hydrogen-bond donors (Lipinski definition) is 0. The van der Waals surface area contributed by atoms with E-state index >= 15 is 0 Å². The lowest BCUT2D eigenvalue weighted by molar-refractivity contribution is -0.385. The number of nitrogens with zero attached hydrogens (tertiary/aromatic N) is 3. The largest absolute Gasteiger partial charge is 0.328 e. The van der Waals surface area contributed by atoms with Gasteiger partial charge in [0.25, 0.3) is 11.6 Å². The first-order chi connectivity index (χ1) is 7.97. The number of halogens is 1. The second-order valence-electron chi connectivity index (χ2n) is 3.24. The van der Waals surface area contributed by atoms with Gasteiger partial charge >= 0.3 is 0 Å². The lowest BCUT2D eigenvalue weighted by atomic mass is 10.1. The molecule has 0 atom stereocenters. The van der Waals surface area contributed by atoms with Crippen LogP contribution in [-0.4, -0.2) is 29.3 Å². The number of nitro benzene ring substituents is 1. The van der Waals surface area contributed by atoms with Crippen molar-refractivity contribution in [3.63, 3.8) is 0 Å². The first kappa shape index (κ1) is 12.6. The van der Waals surface area contributed by atoms with Gasteiger partial charge in [0.05, 0.1) is 22.6 Å². The van der Waals surface area contributed by atoms with Crippen LogP contribution in [0, 0.1) is 27.3 Å². The second kappa shape index (κ2) is 5.03. The highest BCUT2D eigenvalue weighted by Crippen LogP contribution is 2.17. The van der Waals surface area contributed by atoms with Gasteiger partial charge in [-0.25, -0.2) is 4.39 Å². The Bertz CT molecular complexity index is 510. The molecule has 7 heteroatoms. The third-order valence-electron chi connectivity index (χ3n) is 2.05. The second-order valence-corrected chi connectivity index (χ2v) is 3.24. The molecule has 0 aliphatic rings. The molecule has 1 aromatic carbocycles. The minimum absolute atomic E-state index is 0.185. The molecule has 1 amide bonds. The Morgan fingerprint density at radius 1 is 1.65 bits per heavy atom. The molecular formula is C10H8FN3O3. The van der Waals surface area contributed by atoms with Gasteiger partial charge in [0.15, 0.2) is 0 Å². The van der Waals surface area contributed by atoms with E-state index in [-0.39, 0.29) is 12.1 Å². The van der Waals surface area contributed by atoms with E-state index in [1.54, 1.807) is 6.07 Å². The molecule has 0 N–H and O–H groups in total. The summed E-state index contributed by atoms with van der Waals surface area (Å²) < 4.78 is 13.4. The summed E-state index contributed by atoms with van der Waals surface area (Å²) in [6.45, 7) is -0.185. The first-order valence-electron chi connectivity index (χ1n) is 4.53. The standard InChI is InChI=1S/C10H8FN3O3/c1-13(5-4-12)10(15)8-3-2-7(14(16)17)6-9(8)11/h2-3,6H,5H2,1H3. The zero-order valence-electron chi connectivity index (χ0n) is 8.88. The van der Waals surface area contributed by atoms with Crippen LogP contribution in [0.1, 0.15) is 10.4 Å². The molecule has 0 heterocycles. The smallest absolute Gasteiger partial charge is 0.272 e. The van der Waals surface area contributed by atoms with Gasteiger partial charge in [-0.1, -0.05) is 0 Å². The van der Waals surface area contributed by atoms with Crippen molar-refractivity contribution in [2.75, 3.05) is 13.6 Å². The maximum atomic E-state index is 13.4. The van der Waals surface area contributed by atoms with Crippen molar-refractivity contribution in [3.05, 3.63) is 39.7 Å². The molecule has 0 unspecified atom stereocenters. The van der Waals surface area contributed by atoms with Crippen molar-refractivity contribution in [2.45, 2.75) is 0 Å². The summed E-state index contributed by atoms with van der Waals surface area (Å²) in [6, 6.07) is 4.49. The molecule has 0 radical (unpaired) electrons. The van der Waals surface area contributed by atoms with Gasteiger partial charge in [0.1, 0.15) is 12.4 Å². The summed E-state index contributed by atoms with van der Waals surface area (Å²) in [7, 11) is 1.34. The third kappa shape index (κ3) is 2.75. The Balaban J connectivity index is 3.05. The van der Waals surface area contributed by atoms with Crippen LogP contribution in [0.5, 0.6) is 0 Å². The summed E-state index contributed by atoms with van der Waals surface area (Å²) in [5.74, 6) is -1.67. The fourth-order valence-electron chi connectivity index (χ4n) is 1.17. The molecule has 0 fully saturated rings. The topological polar surface area (TPSA) is 87.2 Å². The van der Waals surface area contributed by atoms with E-state index in [1.165, 1.54) is 7.05 Å². The number of rotatable bonds is 3. The summed E-state index contributed by atoms with van der Waals surface area (Å²) in [4.78, 5) is 22.2. The molecule has 88 valence electrons. The van der Waals surface area contributed by atoms with Gasteiger partial charge in [0.2, 0.25) is 0 Å². The van der Waals surface area contributed by atoms with Crippen LogP contribution in [0.25, 0.3) is 0 Å². The van der Waals surface area contributed by atoms with Crippen LogP contribution in [0.3, 0.4) is 0 Å². The number of nitriles is 1. The molecule has 1 rings (SSSR count). The van der Waals surface area contributed by atoms with Crippen LogP contribution >= 0.6 is 0 Å². The number of amides is 1. The average molecular weight is 237 g/mol. The highest BCUT2D eigenvalue weighted by molar-refractivity contribution is 5.94. The van der Waals surface area contributed by atoms with Crippen molar-refractivity contribution < 1.29 is 14.1 Å². The fraction of sp³-hybridized carbons (Fsp3) is 0.200. The summed E-state index contributed by atoms with van der Waals surface area (Å²) >= 11 is 0. The van der Waals surface area contributed by atoms with Crippen LogP contribution in [0.2, 0.25) is 0 Å². The number of non-ortho nitro benzene ring substituents is 1. The van der Waals surface area contributed by atoms with Gasteiger partial charge in [-0.05, 0) is 6.07 Å². The molecule has 17 heavy (non-hydrogen) atoms. The monoisotopic (exact) mass is 237 g/mol. The van der Waals surface area contributed by atoms with Crippen LogP contribution in [0.4, 0.5) is 10.1 Å². The van der Waals surface area contributed by atoms with Gasteiger partial charge in [0, 0.05) is 13.1 Å². The van der Waals surface area contributed by atoms with Gasteiger partial charge < -0.3 is 4.90 Å². The van der Waals surface area contributed by atoms with Gasteiger partial charge in [-0.2, -0.15) is 5.26 Å². The molecule has 0 aliphatic heterocycles. The van der Waals surface area contributed by atoms with Crippen LogP contribution in [0.15, 0.2) is 18.2 Å². The first-order valence-corrected chi connectivity index (χ1v) is 4.53. The Kier molecular flexibility index (Phi) is 3.72. The lowest BCUT2D eigenvalue weighted by Crippen LogP contribution is -2.27. The molecule has 0 spiro atoms. The minimum atomic E-state index is -0.978. The Labute approximate surface area is 96.0 Å².